The SMILES string of the molecule is CCOCCNCc1cncc(Br)c1. The summed E-state index contributed by atoms with van der Waals surface area (Å²) in [6.45, 7) is 5.25. The van der Waals surface area contributed by atoms with Gasteiger partial charge in [0.05, 0.1) is 6.61 Å². The first-order valence-electron chi connectivity index (χ1n) is 4.71. The van der Waals surface area contributed by atoms with Crippen LogP contribution < -0.4 is 5.32 Å². The van der Waals surface area contributed by atoms with Gasteiger partial charge in [-0.3, -0.25) is 4.98 Å². The van der Waals surface area contributed by atoms with Crippen molar-refractivity contribution in [3.05, 3.63) is 28.5 Å². The van der Waals surface area contributed by atoms with E-state index in [1.165, 1.54) is 5.56 Å². The molecule has 0 unspecified atom stereocenters. The smallest absolute Gasteiger partial charge is 0.0590 e. The Kier molecular flexibility index (Phi) is 5.75. The van der Waals surface area contributed by atoms with Gasteiger partial charge in [-0.2, -0.15) is 0 Å². The van der Waals surface area contributed by atoms with Crippen LogP contribution in [0.2, 0.25) is 0 Å². The van der Waals surface area contributed by atoms with Crippen LogP contribution in [0, 0.1) is 0 Å². The van der Waals surface area contributed by atoms with Crippen molar-refractivity contribution < 1.29 is 4.74 Å². The Balaban J connectivity index is 2.18. The Morgan fingerprint density at radius 3 is 3.07 bits per heavy atom. The lowest BCUT2D eigenvalue weighted by Gasteiger charge is -2.04. The summed E-state index contributed by atoms with van der Waals surface area (Å²) in [7, 11) is 0. The molecule has 1 heterocycles. The molecule has 0 radical (unpaired) electrons. The number of pyridine rings is 1. The molecule has 4 heteroatoms. The summed E-state index contributed by atoms with van der Waals surface area (Å²) >= 11 is 3.38. The van der Waals surface area contributed by atoms with E-state index in [0.29, 0.717) is 0 Å². The van der Waals surface area contributed by atoms with Gasteiger partial charge < -0.3 is 10.1 Å². The minimum Gasteiger partial charge on any atom is -0.380 e. The Morgan fingerprint density at radius 1 is 1.50 bits per heavy atom. The molecule has 78 valence electrons. The number of rotatable bonds is 6. The number of ether oxygens (including phenoxy) is 1. The van der Waals surface area contributed by atoms with Crippen molar-refractivity contribution in [2.75, 3.05) is 19.8 Å². The summed E-state index contributed by atoms with van der Waals surface area (Å²) in [5, 5.41) is 3.28. The summed E-state index contributed by atoms with van der Waals surface area (Å²) < 4.78 is 6.22. The van der Waals surface area contributed by atoms with Gasteiger partial charge in [0.25, 0.3) is 0 Å². The van der Waals surface area contributed by atoms with Gasteiger partial charge in [-0.1, -0.05) is 0 Å². The minimum atomic E-state index is 0.762. The third-order valence-corrected chi connectivity index (χ3v) is 2.15. The maximum atomic E-state index is 5.21. The van der Waals surface area contributed by atoms with Gasteiger partial charge in [-0.25, -0.2) is 0 Å². The molecule has 0 fully saturated rings. The highest BCUT2D eigenvalue weighted by molar-refractivity contribution is 9.10. The molecule has 1 aromatic rings. The molecular weight excluding hydrogens is 244 g/mol. The summed E-state index contributed by atoms with van der Waals surface area (Å²) in [6, 6.07) is 2.06. The van der Waals surface area contributed by atoms with E-state index in [4.69, 9.17) is 4.74 Å². The molecule has 0 aliphatic heterocycles. The minimum absolute atomic E-state index is 0.762. The van der Waals surface area contributed by atoms with Crippen molar-refractivity contribution in [1.82, 2.24) is 10.3 Å². The van der Waals surface area contributed by atoms with Crippen molar-refractivity contribution in [3.8, 4) is 0 Å². The standard InChI is InChI=1S/C10H15BrN2O/c1-2-14-4-3-12-6-9-5-10(11)8-13-7-9/h5,7-8,12H,2-4,6H2,1H3. The average Bonchev–Trinajstić information content (AvgIpc) is 2.18. The summed E-state index contributed by atoms with van der Waals surface area (Å²) in [5.74, 6) is 0. The van der Waals surface area contributed by atoms with Crippen LogP contribution in [0.25, 0.3) is 0 Å². The number of nitrogens with zero attached hydrogens (tertiary/aromatic N) is 1. The zero-order valence-corrected chi connectivity index (χ0v) is 9.88. The molecule has 0 amide bonds. The first-order valence-corrected chi connectivity index (χ1v) is 5.50. The normalized spacial score (nSPS) is 10.4. The fourth-order valence-corrected chi connectivity index (χ4v) is 1.49. The Hall–Kier alpha value is -0.450. The van der Waals surface area contributed by atoms with E-state index in [-0.39, 0.29) is 0 Å². The summed E-state index contributed by atoms with van der Waals surface area (Å²) in [6.07, 6.45) is 3.64. The molecule has 0 aliphatic rings. The molecule has 0 atom stereocenters. The van der Waals surface area contributed by atoms with Crippen LogP contribution >= 0.6 is 15.9 Å². The van der Waals surface area contributed by atoms with Gasteiger partial charge in [-0.15, -0.1) is 0 Å². The van der Waals surface area contributed by atoms with Gasteiger partial charge in [0.1, 0.15) is 0 Å². The maximum absolute atomic E-state index is 5.21. The monoisotopic (exact) mass is 258 g/mol. The highest BCUT2D eigenvalue weighted by Crippen LogP contribution is 2.08. The second-order valence-electron chi connectivity index (χ2n) is 2.89. The van der Waals surface area contributed by atoms with E-state index in [1.54, 1.807) is 6.20 Å². The van der Waals surface area contributed by atoms with Crippen molar-refractivity contribution >= 4 is 15.9 Å². The van der Waals surface area contributed by atoms with E-state index in [2.05, 4.69) is 32.3 Å². The number of aromatic nitrogens is 1. The number of nitrogens with one attached hydrogen (secondary N) is 1. The van der Waals surface area contributed by atoms with Crippen molar-refractivity contribution in [1.29, 1.82) is 0 Å². The van der Waals surface area contributed by atoms with Crippen LogP contribution in [-0.4, -0.2) is 24.7 Å². The molecule has 0 saturated carbocycles. The van der Waals surface area contributed by atoms with Gasteiger partial charge in [0, 0.05) is 36.6 Å². The quantitative estimate of drug-likeness (QED) is 0.793. The zero-order valence-electron chi connectivity index (χ0n) is 8.29. The van der Waals surface area contributed by atoms with Crippen molar-refractivity contribution in [2.24, 2.45) is 0 Å². The molecule has 0 bridgehead atoms. The lowest BCUT2D eigenvalue weighted by molar-refractivity contribution is 0.149. The molecule has 0 aliphatic carbocycles. The average molecular weight is 259 g/mol. The van der Waals surface area contributed by atoms with Crippen LogP contribution in [0.1, 0.15) is 12.5 Å². The molecule has 14 heavy (non-hydrogen) atoms. The van der Waals surface area contributed by atoms with Crippen molar-refractivity contribution in [2.45, 2.75) is 13.5 Å². The highest BCUT2D eigenvalue weighted by atomic mass is 79.9. The van der Waals surface area contributed by atoms with E-state index in [0.717, 1.165) is 30.8 Å². The molecule has 3 nitrogen and oxygen atoms in total. The van der Waals surface area contributed by atoms with Crippen LogP contribution in [-0.2, 0) is 11.3 Å². The van der Waals surface area contributed by atoms with E-state index >= 15 is 0 Å². The topological polar surface area (TPSA) is 34.1 Å². The Morgan fingerprint density at radius 2 is 2.36 bits per heavy atom. The van der Waals surface area contributed by atoms with E-state index in [9.17, 15) is 0 Å². The first kappa shape index (κ1) is 11.6. The summed E-state index contributed by atoms with van der Waals surface area (Å²) in [4.78, 5) is 4.08. The molecule has 1 aromatic heterocycles. The van der Waals surface area contributed by atoms with Crippen LogP contribution in [0.3, 0.4) is 0 Å². The van der Waals surface area contributed by atoms with E-state index < -0.39 is 0 Å². The number of hydrogen-bond acceptors (Lipinski definition) is 3. The molecule has 1 N–H and O–H groups in total. The second kappa shape index (κ2) is 6.92. The molecule has 0 saturated heterocycles. The third-order valence-electron chi connectivity index (χ3n) is 1.72. The van der Waals surface area contributed by atoms with Crippen LogP contribution in [0.4, 0.5) is 0 Å². The summed E-state index contributed by atoms with van der Waals surface area (Å²) in [5.41, 5.74) is 1.18. The lowest BCUT2D eigenvalue weighted by atomic mass is 10.3. The van der Waals surface area contributed by atoms with Gasteiger partial charge in [0.2, 0.25) is 0 Å². The molecule has 1 rings (SSSR count). The van der Waals surface area contributed by atoms with Crippen LogP contribution in [0.15, 0.2) is 22.9 Å². The van der Waals surface area contributed by atoms with Gasteiger partial charge in [0.15, 0.2) is 0 Å². The number of halogens is 1. The molecule has 0 aromatic carbocycles. The van der Waals surface area contributed by atoms with Gasteiger partial charge >= 0.3 is 0 Å². The Bertz CT molecular complexity index is 268. The fraction of sp³-hybridized carbons (Fsp3) is 0.500. The Labute approximate surface area is 93.0 Å². The van der Waals surface area contributed by atoms with Crippen LogP contribution in [0.5, 0.6) is 0 Å². The van der Waals surface area contributed by atoms with E-state index in [1.807, 2.05) is 13.1 Å². The first-order chi connectivity index (χ1) is 6.83. The van der Waals surface area contributed by atoms with Crippen molar-refractivity contribution in [3.63, 3.8) is 0 Å². The predicted molar refractivity (Wildman–Crippen MR) is 60.1 cm³/mol. The largest absolute Gasteiger partial charge is 0.380 e. The second-order valence-corrected chi connectivity index (χ2v) is 3.80. The van der Waals surface area contributed by atoms with Gasteiger partial charge in [-0.05, 0) is 34.5 Å². The fourth-order valence-electron chi connectivity index (χ4n) is 1.07. The molecular formula is C10H15BrN2O. The third kappa shape index (κ3) is 4.69. The maximum Gasteiger partial charge on any atom is 0.0590 e. The molecule has 0 spiro atoms. The highest BCUT2D eigenvalue weighted by Gasteiger charge is 1.93. The zero-order chi connectivity index (χ0) is 10.2. The lowest BCUT2D eigenvalue weighted by Crippen LogP contribution is -2.19. The predicted octanol–water partition coefficient (Wildman–Crippen LogP) is 1.97. The number of hydrogen-bond donors (Lipinski definition) is 1.